The molecule has 1 aliphatic heterocycles. The average molecular weight is 487 g/mol. The normalized spacial score (nSPS) is 17.9. The average Bonchev–Trinajstić information content (AvgIpc) is 2.64. The Morgan fingerprint density at radius 2 is 2.04 bits per heavy atom. The molecule has 1 fully saturated rings. The minimum atomic E-state index is -0.162. The fraction of sp³-hybridized carbons (Fsp3) is 0.600. The van der Waals surface area contributed by atoms with Gasteiger partial charge in [-0.25, -0.2) is 4.99 Å². The summed E-state index contributed by atoms with van der Waals surface area (Å²) in [6, 6.07) is 8.47. The predicted octanol–water partition coefficient (Wildman–Crippen LogP) is 2.26. The van der Waals surface area contributed by atoms with Crippen LogP contribution in [0.2, 0.25) is 0 Å². The highest BCUT2D eigenvalue weighted by molar-refractivity contribution is 14.0. The van der Waals surface area contributed by atoms with Gasteiger partial charge in [-0.3, -0.25) is 4.79 Å². The van der Waals surface area contributed by atoms with Crippen molar-refractivity contribution in [1.29, 1.82) is 0 Å². The zero-order valence-corrected chi connectivity index (χ0v) is 18.9. The molecule has 1 aromatic rings. The number of halogens is 1. The summed E-state index contributed by atoms with van der Waals surface area (Å²) < 4.78 is 0. The van der Waals surface area contributed by atoms with Crippen molar-refractivity contribution in [2.24, 2.45) is 16.6 Å². The fourth-order valence-electron chi connectivity index (χ4n) is 3.21. The topological polar surface area (TPSA) is 82.8 Å². The lowest BCUT2D eigenvalue weighted by atomic mass is 9.97. The van der Waals surface area contributed by atoms with Gasteiger partial charge in [-0.1, -0.05) is 29.8 Å². The summed E-state index contributed by atoms with van der Waals surface area (Å²) in [6.45, 7) is 9.37. The molecule has 1 saturated heterocycles. The molecule has 2 rings (SSSR count). The first-order valence-corrected chi connectivity index (χ1v) is 9.68. The minimum Gasteiger partial charge on any atom is -0.369 e. The van der Waals surface area contributed by atoms with Gasteiger partial charge in [0, 0.05) is 19.6 Å². The van der Waals surface area contributed by atoms with Crippen LogP contribution in [-0.2, 0) is 11.3 Å². The van der Waals surface area contributed by atoms with Gasteiger partial charge in [-0.15, -0.1) is 24.0 Å². The molecule has 0 aromatic heterocycles. The van der Waals surface area contributed by atoms with Crippen LogP contribution >= 0.6 is 24.0 Å². The molecule has 0 spiro atoms. The number of guanidine groups is 1. The van der Waals surface area contributed by atoms with Gasteiger partial charge in [0.2, 0.25) is 5.91 Å². The Morgan fingerprint density at radius 3 is 2.70 bits per heavy atom. The van der Waals surface area contributed by atoms with Gasteiger partial charge in [0.25, 0.3) is 0 Å². The summed E-state index contributed by atoms with van der Waals surface area (Å²) in [4.78, 5) is 18.4. The highest BCUT2D eigenvalue weighted by Gasteiger charge is 2.23. The van der Waals surface area contributed by atoms with E-state index >= 15 is 0 Å². The SMILES string of the molecule is CCNC(=NCc1ccc(C)cc1)NCCCN1CCCC(C(N)=O)C1.I. The van der Waals surface area contributed by atoms with Gasteiger partial charge in [-0.05, 0) is 51.8 Å². The minimum absolute atomic E-state index is 0. The van der Waals surface area contributed by atoms with Gasteiger partial charge in [0.05, 0.1) is 12.5 Å². The number of aliphatic imine (C=N–C) groups is 1. The van der Waals surface area contributed by atoms with E-state index in [0.29, 0.717) is 6.54 Å². The summed E-state index contributed by atoms with van der Waals surface area (Å²) in [6.07, 6.45) is 3.00. The van der Waals surface area contributed by atoms with E-state index in [9.17, 15) is 4.79 Å². The molecule has 0 bridgehead atoms. The molecular formula is C20H34IN5O. The van der Waals surface area contributed by atoms with E-state index < -0.39 is 0 Å². The molecule has 152 valence electrons. The van der Waals surface area contributed by atoms with Crippen LogP contribution in [0, 0.1) is 12.8 Å². The van der Waals surface area contributed by atoms with Gasteiger partial charge in [0.1, 0.15) is 0 Å². The first-order chi connectivity index (χ1) is 12.6. The largest absolute Gasteiger partial charge is 0.369 e. The molecule has 1 atom stereocenters. The second kappa shape index (κ2) is 12.9. The Balaban J connectivity index is 0.00000364. The molecule has 1 unspecified atom stereocenters. The van der Waals surface area contributed by atoms with Crippen LogP contribution in [0.5, 0.6) is 0 Å². The standard InChI is InChI=1S/C20H33N5O.HI/c1-3-22-20(24-14-17-9-7-16(2)8-10-17)23-11-5-13-25-12-4-6-18(15-25)19(21)26;/h7-10,18H,3-6,11-15H2,1-2H3,(H2,21,26)(H2,22,23,24);1H. The van der Waals surface area contributed by atoms with E-state index in [1.54, 1.807) is 0 Å². The third-order valence-corrected chi connectivity index (χ3v) is 4.74. The lowest BCUT2D eigenvalue weighted by Gasteiger charge is -2.31. The Morgan fingerprint density at radius 1 is 1.30 bits per heavy atom. The van der Waals surface area contributed by atoms with Gasteiger partial charge in [0.15, 0.2) is 5.96 Å². The maximum absolute atomic E-state index is 11.4. The molecule has 27 heavy (non-hydrogen) atoms. The summed E-state index contributed by atoms with van der Waals surface area (Å²) >= 11 is 0. The molecule has 1 aliphatic rings. The van der Waals surface area contributed by atoms with E-state index in [-0.39, 0.29) is 35.8 Å². The summed E-state index contributed by atoms with van der Waals surface area (Å²) in [7, 11) is 0. The van der Waals surface area contributed by atoms with Crippen molar-refractivity contribution in [1.82, 2.24) is 15.5 Å². The Hall–Kier alpha value is -1.35. The zero-order chi connectivity index (χ0) is 18.8. The number of aryl methyl sites for hydroxylation is 1. The first kappa shape index (κ1) is 23.7. The van der Waals surface area contributed by atoms with Crippen LogP contribution in [-0.4, -0.2) is 49.5 Å². The Labute approximate surface area is 180 Å². The third kappa shape index (κ3) is 8.92. The first-order valence-electron chi connectivity index (χ1n) is 9.68. The maximum Gasteiger partial charge on any atom is 0.221 e. The molecular weight excluding hydrogens is 453 g/mol. The maximum atomic E-state index is 11.4. The number of nitrogens with zero attached hydrogens (tertiary/aromatic N) is 2. The Kier molecular flexibility index (Phi) is 11.3. The molecule has 1 aromatic carbocycles. The number of hydrogen-bond donors (Lipinski definition) is 3. The number of amides is 1. The van der Waals surface area contributed by atoms with E-state index in [4.69, 9.17) is 5.73 Å². The van der Waals surface area contributed by atoms with Crippen LogP contribution in [0.1, 0.15) is 37.3 Å². The van der Waals surface area contributed by atoms with Crippen molar-refractivity contribution in [3.63, 3.8) is 0 Å². The van der Waals surface area contributed by atoms with Gasteiger partial charge >= 0.3 is 0 Å². The van der Waals surface area contributed by atoms with Crippen LogP contribution in [0.3, 0.4) is 0 Å². The van der Waals surface area contributed by atoms with Crippen LogP contribution in [0.15, 0.2) is 29.3 Å². The molecule has 0 aliphatic carbocycles. The van der Waals surface area contributed by atoms with Crippen LogP contribution < -0.4 is 16.4 Å². The lowest BCUT2D eigenvalue weighted by molar-refractivity contribution is -0.123. The second-order valence-electron chi connectivity index (χ2n) is 7.00. The van der Waals surface area contributed by atoms with E-state index in [2.05, 4.69) is 58.6 Å². The number of carbonyl (C=O) groups is 1. The van der Waals surface area contributed by atoms with Crippen molar-refractivity contribution in [3.8, 4) is 0 Å². The number of rotatable bonds is 8. The number of benzene rings is 1. The fourth-order valence-corrected chi connectivity index (χ4v) is 3.21. The van der Waals surface area contributed by atoms with Crippen molar-refractivity contribution < 1.29 is 4.79 Å². The van der Waals surface area contributed by atoms with Crippen molar-refractivity contribution in [3.05, 3.63) is 35.4 Å². The summed E-state index contributed by atoms with van der Waals surface area (Å²) in [5.41, 5.74) is 7.91. The third-order valence-electron chi connectivity index (χ3n) is 4.74. The number of nitrogens with one attached hydrogen (secondary N) is 2. The smallest absolute Gasteiger partial charge is 0.221 e. The Bertz CT molecular complexity index is 591. The number of hydrogen-bond acceptors (Lipinski definition) is 3. The molecule has 0 saturated carbocycles. The quantitative estimate of drug-likeness (QED) is 0.228. The number of primary amides is 1. The summed E-state index contributed by atoms with van der Waals surface area (Å²) in [5, 5.41) is 6.69. The van der Waals surface area contributed by atoms with E-state index in [1.165, 1.54) is 11.1 Å². The number of nitrogens with two attached hydrogens (primary N) is 1. The molecule has 1 amide bonds. The second-order valence-corrected chi connectivity index (χ2v) is 7.00. The molecule has 1 heterocycles. The van der Waals surface area contributed by atoms with Crippen molar-refractivity contribution in [2.45, 2.75) is 39.7 Å². The predicted molar refractivity (Wildman–Crippen MR) is 122 cm³/mol. The number of piperidine rings is 1. The van der Waals surface area contributed by atoms with Crippen LogP contribution in [0.25, 0.3) is 0 Å². The molecule has 0 radical (unpaired) electrons. The van der Waals surface area contributed by atoms with E-state index in [0.717, 1.165) is 57.9 Å². The van der Waals surface area contributed by atoms with Gasteiger partial charge in [-0.2, -0.15) is 0 Å². The zero-order valence-electron chi connectivity index (χ0n) is 16.5. The van der Waals surface area contributed by atoms with Crippen molar-refractivity contribution in [2.75, 3.05) is 32.7 Å². The molecule has 7 heteroatoms. The number of carbonyl (C=O) groups excluding carboxylic acids is 1. The highest BCUT2D eigenvalue weighted by atomic mass is 127. The monoisotopic (exact) mass is 487 g/mol. The highest BCUT2D eigenvalue weighted by Crippen LogP contribution is 2.15. The lowest BCUT2D eigenvalue weighted by Crippen LogP contribution is -2.43. The van der Waals surface area contributed by atoms with Gasteiger partial charge < -0.3 is 21.3 Å². The van der Waals surface area contributed by atoms with E-state index in [1.807, 2.05) is 0 Å². The summed E-state index contributed by atoms with van der Waals surface area (Å²) in [5.74, 6) is 0.706. The molecule has 4 N–H and O–H groups in total. The number of likely N-dealkylation sites (tertiary alicyclic amines) is 1. The van der Waals surface area contributed by atoms with Crippen molar-refractivity contribution >= 4 is 35.8 Å². The van der Waals surface area contributed by atoms with Crippen LogP contribution in [0.4, 0.5) is 0 Å². The molecule has 6 nitrogen and oxygen atoms in total.